The van der Waals surface area contributed by atoms with Crippen molar-refractivity contribution in [1.29, 1.82) is 0 Å². The predicted molar refractivity (Wildman–Crippen MR) is 104 cm³/mol. The zero-order valence-corrected chi connectivity index (χ0v) is 16.7. The number of carboxylic acid groups (broad SMARTS) is 1. The van der Waals surface area contributed by atoms with E-state index in [1.54, 1.807) is 12.3 Å². The molecule has 12 heteroatoms. The van der Waals surface area contributed by atoms with Crippen LogP contribution in [0.4, 0.5) is 18.0 Å². The minimum absolute atomic E-state index is 0.134. The number of pyridine rings is 1. The molecule has 0 aliphatic carbocycles. The number of benzene rings is 1. The first kappa shape index (κ1) is 21.5. The summed E-state index contributed by atoms with van der Waals surface area (Å²) < 4.78 is 47.2. The molecule has 1 amide bonds. The molecule has 1 fully saturated rings. The molecule has 0 atom stereocenters. The lowest BCUT2D eigenvalue weighted by atomic mass is 9.90. The van der Waals surface area contributed by atoms with Gasteiger partial charge in [-0.15, -0.1) is 5.10 Å². The number of tetrazole rings is 1. The first-order valence-electron chi connectivity index (χ1n) is 9.81. The van der Waals surface area contributed by atoms with Crippen molar-refractivity contribution in [3.05, 3.63) is 59.7 Å². The lowest BCUT2D eigenvalue weighted by molar-refractivity contribution is -0.139. The number of amides is 1. The molecule has 1 aliphatic heterocycles. The van der Waals surface area contributed by atoms with Crippen molar-refractivity contribution in [1.82, 2.24) is 30.1 Å². The number of alkyl halides is 3. The molecule has 9 nitrogen and oxygen atoms in total. The number of carbonyl (C=O) groups is 1. The summed E-state index contributed by atoms with van der Waals surface area (Å²) >= 11 is 0. The average Bonchev–Trinajstić information content (AvgIpc) is 3.32. The summed E-state index contributed by atoms with van der Waals surface area (Å²) in [7, 11) is 0. The topological polar surface area (TPSA) is 106 Å². The summed E-state index contributed by atoms with van der Waals surface area (Å²) in [5.74, 6) is -0.120. The lowest BCUT2D eigenvalue weighted by Crippen LogP contribution is -2.36. The second kappa shape index (κ2) is 8.81. The number of hydrogen-bond donors (Lipinski definition) is 1. The normalized spacial score (nSPS) is 15.0. The fourth-order valence-corrected chi connectivity index (χ4v) is 3.61. The third-order valence-electron chi connectivity index (χ3n) is 5.34. The van der Waals surface area contributed by atoms with E-state index in [0.717, 1.165) is 16.3 Å². The number of ether oxygens (including phenoxy) is 1. The van der Waals surface area contributed by atoms with Gasteiger partial charge >= 0.3 is 12.3 Å². The molecule has 168 valence electrons. The molecule has 1 aliphatic rings. The van der Waals surface area contributed by atoms with Crippen LogP contribution in [0.15, 0.2) is 42.9 Å². The molecule has 1 N–H and O–H groups in total. The molecule has 2 aromatic heterocycles. The molecule has 0 saturated carbocycles. The van der Waals surface area contributed by atoms with Gasteiger partial charge in [-0.3, -0.25) is 4.98 Å². The summed E-state index contributed by atoms with van der Waals surface area (Å²) in [4.78, 5) is 16.7. The minimum Gasteiger partial charge on any atom is -0.487 e. The Balaban J connectivity index is 1.43. The molecule has 0 unspecified atom stereocenters. The van der Waals surface area contributed by atoms with Crippen LogP contribution in [0.1, 0.15) is 35.6 Å². The van der Waals surface area contributed by atoms with Crippen LogP contribution >= 0.6 is 0 Å². The summed E-state index contributed by atoms with van der Waals surface area (Å²) in [6, 6.07) is 7.15. The monoisotopic (exact) mass is 448 g/mol. The second-order valence-corrected chi connectivity index (χ2v) is 7.35. The van der Waals surface area contributed by atoms with E-state index < -0.39 is 17.8 Å². The van der Waals surface area contributed by atoms with E-state index in [1.807, 2.05) is 6.07 Å². The summed E-state index contributed by atoms with van der Waals surface area (Å²) in [5, 5.41) is 19.5. The molecule has 1 saturated heterocycles. The standard InChI is InChI=1S/C20H19F3N6O3/c21-20(22,23)17-9-16(29-12-25-26-27-29)3-4-18(17)32-11-15-2-1-14(10-24-15)13-5-7-28(8-6-13)19(30)31/h1-4,9-10,12-13H,5-8,11H2,(H,30,31). The Labute approximate surface area is 180 Å². The SMILES string of the molecule is O=C(O)N1CCC(c2ccc(COc3ccc(-n4cnnn4)cc3C(F)(F)F)nc2)CC1. The number of nitrogens with zero attached hydrogens (tertiary/aromatic N) is 6. The van der Waals surface area contributed by atoms with Gasteiger partial charge in [0.25, 0.3) is 0 Å². The van der Waals surface area contributed by atoms with Crippen molar-refractivity contribution >= 4 is 6.09 Å². The summed E-state index contributed by atoms with van der Waals surface area (Å²) in [6.07, 6.45) is -1.27. The second-order valence-electron chi connectivity index (χ2n) is 7.35. The number of aromatic nitrogens is 5. The first-order valence-corrected chi connectivity index (χ1v) is 9.81. The van der Waals surface area contributed by atoms with E-state index in [-0.39, 0.29) is 24.0 Å². The van der Waals surface area contributed by atoms with E-state index in [0.29, 0.717) is 31.6 Å². The van der Waals surface area contributed by atoms with Crippen LogP contribution in [-0.4, -0.2) is 54.4 Å². The average molecular weight is 448 g/mol. The Bertz CT molecular complexity index is 1070. The number of rotatable bonds is 5. The predicted octanol–water partition coefficient (Wildman–Crippen LogP) is 3.51. The van der Waals surface area contributed by atoms with Crippen LogP contribution < -0.4 is 4.74 Å². The molecule has 3 aromatic rings. The zero-order chi connectivity index (χ0) is 22.7. The van der Waals surface area contributed by atoms with Gasteiger partial charge in [0.15, 0.2) is 0 Å². The van der Waals surface area contributed by atoms with Crippen molar-refractivity contribution in [3.63, 3.8) is 0 Å². The molecular weight excluding hydrogens is 429 g/mol. The van der Waals surface area contributed by atoms with Crippen molar-refractivity contribution in [3.8, 4) is 11.4 Å². The van der Waals surface area contributed by atoms with Crippen LogP contribution in [0.5, 0.6) is 5.75 Å². The largest absolute Gasteiger partial charge is 0.487 e. The zero-order valence-electron chi connectivity index (χ0n) is 16.7. The van der Waals surface area contributed by atoms with Crippen LogP contribution in [0.2, 0.25) is 0 Å². The van der Waals surface area contributed by atoms with E-state index in [4.69, 9.17) is 9.84 Å². The van der Waals surface area contributed by atoms with Crippen LogP contribution in [-0.2, 0) is 12.8 Å². The van der Waals surface area contributed by atoms with Gasteiger partial charge in [-0.25, -0.2) is 9.48 Å². The van der Waals surface area contributed by atoms with Crippen LogP contribution in [0, 0.1) is 0 Å². The highest BCUT2D eigenvalue weighted by molar-refractivity contribution is 5.65. The highest BCUT2D eigenvalue weighted by Gasteiger charge is 2.35. The molecule has 4 rings (SSSR count). The molecule has 3 heterocycles. The maximum Gasteiger partial charge on any atom is 0.420 e. The van der Waals surface area contributed by atoms with Gasteiger partial charge < -0.3 is 14.7 Å². The molecule has 0 spiro atoms. The Morgan fingerprint density at radius 3 is 2.56 bits per heavy atom. The van der Waals surface area contributed by atoms with Gasteiger partial charge in [-0.1, -0.05) is 6.07 Å². The van der Waals surface area contributed by atoms with Crippen LogP contribution in [0.3, 0.4) is 0 Å². The van der Waals surface area contributed by atoms with E-state index in [9.17, 15) is 18.0 Å². The van der Waals surface area contributed by atoms with Crippen molar-refractivity contribution in [2.75, 3.05) is 13.1 Å². The van der Waals surface area contributed by atoms with Crippen molar-refractivity contribution in [2.24, 2.45) is 0 Å². The summed E-state index contributed by atoms with van der Waals surface area (Å²) in [5.41, 5.74) is 0.674. The lowest BCUT2D eigenvalue weighted by Gasteiger charge is -2.30. The van der Waals surface area contributed by atoms with E-state index in [2.05, 4.69) is 20.5 Å². The minimum atomic E-state index is -4.62. The third-order valence-corrected chi connectivity index (χ3v) is 5.34. The van der Waals surface area contributed by atoms with Gasteiger partial charge in [0.1, 0.15) is 18.7 Å². The maximum atomic E-state index is 13.5. The highest BCUT2D eigenvalue weighted by Crippen LogP contribution is 2.37. The smallest absolute Gasteiger partial charge is 0.420 e. The molecule has 32 heavy (non-hydrogen) atoms. The van der Waals surface area contributed by atoms with Gasteiger partial charge in [-0.05, 0) is 59.0 Å². The number of halogens is 3. The Morgan fingerprint density at radius 1 is 1.19 bits per heavy atom. The third kappa shape index (κ3) is 4.79. The van der Waals surface area contributed by atoms with Gasteiger partial charge in [0.05, 0.1) is 16.9 Å². The fourth-order valence-electron chi connectivity index (χ4n) is 3.61. The van der Waals surface area contributed by atoms with Crippen LogP contribution in [0.25, 0.3) is 5.69 Å². The van der Waals surface area contributed by atoms with Crippen molar-refractivity contribution in [2.45, 2.75) is 31.5 Å². The van der Waals surface area contributed by atoms with Gasteiger partial charge in [0.2, 0.25) is 0 Å². The number of piperidine rings is 1. The van der Waals surface area contributed by atoms with E-state index in [1.165, 1.54) is 23.4 Å². The maximum absolute atomic E-state index is 13.5. The molecule has 0 radical (unpaired) electrons. The Hall–Kier alpha value is -3.70. The van der Waals surface area contributed by atoms with Gasteiger partial charge in [0, 0.05) is 19.3 Å². The number of hydrogen-bond acceptors (Lipinski definition) is 6. The highest BCUT2D eigenvalue weighted by atomic mass is 19.4. The quantitative estimate of drug-likeness (QED) is 0.637. The molecular formula is C20H19F3N6O3. The van der Waals surface area contributed by atoms with E-state index >= 15 is 0 Å². The van der Waals surface area contributed by atoms with Crippen molar-refractivity contribution < 1.29 is 27.8 Å². The number of likely N-dealkylation sites (tertiary alicyclic amines) is 1. The first-order chi connectivity index (χ1) is 15.3. The Morgan fingerprint density at radius 2 is 1.97 bits per heavy atom. The molecule has 1 aromatic carbocycles. The Kier molecular flexibility index (Phi) is 5.93. The fraction of sp³-hybridized carbons (Fsp3) is 0.350. The van der Waals surface area contributed by atoms with Gasteiger partial charge in [-0.2, -0.15) is 13.2 Å². The summed E-state index contributed by atoms with van der Waals surface area (Å²) in [6.45, 7) is 0.794. The molecule has 0 bridgehead atoms.